The molecule has 0 saturated carbocycles. The summed E-state index contributed by atoms with van der Waals surface area (Å²) in [5.41, 5.74) is 9.25. The number of nitrogens with two attached hydrogens (primary N) is 1. The molecule has 0 bridgehead atoms. The van der Waals surface area contributed by atoms with Crippen LogP contribution in [-0.2, 0) is 6.54 Å². The van der Waals surface area contributed by atoms with Gasteiger partial charge in [0.25, 0.3) is 0 Å². The molecule has 3 N–H and O–H groups in total. The van der Waals surface area contributed by atoms with Crippen molar-refractivity contribution in [1.82, 2.24) is 14.5 Å². The number of hydrogen-bond donors (Lipinski definition) is 2. The molecule has 0 unspecified atom stereocenters. The third kappa shape index (κ3) is 5.29. The lowest BCUT2D eigenvalue weighted by Crippen LogP contribution is -2.22. The largest absolute Gasteiger partial charge is 0.370 e. The van der Waals surface area contributed by atoms with E-state index in [1.807, 2.05) is 35.0 Å². The average molecular weight is 462 g/mol. The Balaban J connectivity index is 0.00000243. The SMILES string of the molecule is CC(C)c1cccc(NC(N)=NCc2ccnc(-n3ccnc3)c2)c1.I. The van der Waals surface area contributed by atoms with E-state index >= 15 is 0 Å². The van der Waals surface area contributed by atoms with Gasteiger partial charge in [-0.05, 0) is 41.3 Å². The van der Waals surface area contributed by atoms with Crippen molar-refractivity contribution in [3.05, 3.63) is 72.4 Å². The third-order valence-electron chi connectivity index (χ3n) is 3.84. The quantitative estimate of drug-likeness (QED) is 0.342. The van der Waals surface area contributed by atoms with E-state index in [0.29, 0.717) is 18.4 Å². The summed E-state index contributed by atoms with van der Waals surface area (Å²) in [5, 5.41) is 3.15. The van der Waals surface area contributed by atoms with Gasteiger partial charge in [0.15, 0.2) is 5.96 Å². The van der Waals surface area contributed by atoms with Crippen LogP contribution in [0.2, 0.25) is 0 Å². The van der Waals surface area contributed by atoms with E-state index in [4.69, 9.17) is 5.73 Å². The molecule has 0 aliphatic rings. The fraction of sp³-hybridized carbons (Fsp3) is 0.211. The highest BCUT2D eigenvalue weighted by Gasteiger charge is 2.02. The minimum absolute atomic E-state index is 0. The molecule has 0 saturated heterocycles. The molecule has 0 amide bonds. The van der Waals surface area contributed by atoms with Crippen molar-refractivity contribution in [2.75, 3.05) is 5.32 Å². The number of aliphatic imine (C=N–C) groups is 1. The van der Waals surface area contributed by atoms with Gasteiger partial charge >= 0.3 is 0 Å². The normalized spacial score (nSPS) is 11.3. The van der Waals surface area contributed by atoms with Crippen molar-refractivity contribution in [2.24, 2.45) is 10.7 Å². The number of pyridine rings is 1. The van der Waals surface area contributed by atoms with Crippen molar-refractivity contribution in [3.63, 3.8) is 0 Å². The molecule has 26 heavy (non-hydrogen) atoms. The molecule has 0 spiro atoms. The number of halogens is 1. The van der Waals surface area contributed by atoms with Gasteiger partial charge in [-0.15, -0.1) is 24.0 Å². The van der Waals surface area contributed by atoms with Crippen molar-refractivity contribution in [2.45, 2.75) is 26.3 Å². The molecule has 6 nitrogen and oxygen atoms in total. The lowest BCUT2D eigenvalue weighted by Gasteiger charge is -2.10. The second-order valence-corrected chi connectivity index (χ2v) is 6.10. The second kappa shape index (κ2) is 9.33. The first-order valence-corrected chi connectivity index (χ1v) is 8.22. The first-order chi connectivity index (χ1) is 12.1. The van der Waals surface area contributed by atoms with Crippen molar-refractivity contribution < 1.29 is 0 Å². The summed E-state index contributed by atoms with van der Waals surface area (Å²) >= 11 is 0. The van der Waals surface area contributed by atoms with Crippen LogP contribution in [0.5, 0.6) is 0 Å². The average Bonchev–Trinajstić information content (AvgIpc) is 3.15. The van der Waals surface area contributed by atoms with Gasteiger partial charge in [-0.1, -0.05) is 26.0 Å². The minimum atomic E-state index is 0. The summed E-state index contributed by atoms with van der Waals surface area (Å²) in [6.07, 6.45) is 7.05. The third-order valence-corrected chi connectivity index (χ3v) is 3.84. The molecular formula is C19H23IN6. The van der Waals surface area contributed by atoms with Gasteiger partial charge in [-0.3, -0.25) is 4.57 Å². The number of imidazole rings is 1. The van der Waals surface area contributed by atoms with Crippen LogP contribution in [0.4, 0.5) is 5.69 Å². The van der Waals surface area contributed by atoms with Gasteiger partial charge in [0, 0.05) is 24.3 Å². The van der Waals surface area contributed by atoms with Crippen molar-refractivity contribution in [3.8, 4) is 5.82 Å². The van der Waals surface area contributed by atoms with Gasteiger partial charge in [-0.2, -0.15) is 0 Å². The van der Waals surface area contributed by atoms with E-state index in [1.165, 1.54) is 5.56 Å². The number of hydrogen-bond acceptors (Lipinski definition) is 3. The molecule has 0 fully saturated rings. The Morgan fingerprint density at radius 3 is 2.81 bits per heavy atom. The number of guanidine groups is 1. The molecule has 0 radical (unpaired) electrons. The zero-order valence-corrected chi connectivity index (χ0v) is 17.2. The van der Waals surface area contributed by atoms with E-state index in [9.17, 15) is 0 Å². The van der Waals surface area contributed by atoms with Crippen LogP contribution in [-0.4, -0.2) is 20.5 Å². The molecule has 7 heteroatoms. The molecule has 0 aliphatic carbocycles. The summed E-state index contributed by atoms with van der Waals surface area (Å²) in [4.78, 5) is 12.8. The summed E-state index contributed by atoms with van der Waals surface area (Å²) in [6.45, 7) is 4.81. The lowest BCUT2D eigenvalue weighted by molar-refractivity contribution is 0.867. The monoisotopic (exact) mass is 462 g/mol. The van der Waals surface area contributed by atoms with Crippen LogP contribution in [0, 0.1) is 0 Å². The fourth-order valence-electron chi connectivity index (χ4n) is 2.43. The molecule has 0 aliphatic heterocycles. The van der Waals surface area contributed by atoms with Crippen LogP contribution in [0.25, 0.3) is 5.82 Å². The Morgan fingerprint density at radius 2 is 2.08 bits per heavy atom. The van der Waals surface area contributed by atoms with E-state index in [2.05, 4.69) is 46.3 Å². The van der Waals surface area contributed by atoms with Gasteiger partial charge in [-0.25, -0.2) is 15.0 Å². The Bertz CT molecular complexity index is 858. The predicted octanol–water partition coefficient (Wildman–Crippen LogP) is 3.94. The van der Waals surface area contributed by atoms with Crippen LogP contribution < -0.4 is 11.1 Å². The minimum Gasteiger partial charge on any atom is -0.370 e. The van der Waals surface area contributed by atoms with E-state index < -0.39 is 0 Å². The highest BCUT2D eigenvalue weighted by atomic mass is 127. The summed E-state index contributed by atoms with van der Waals surface area (Å²) in [5.74, 6) is 1.67. The Labute approximate surface area is 170 Å². The van der Waals surface area contributed by atoms with Crippen LogP contribution in [0.1, 0.15) is 30.9 Å². The standard InChI is InChI=1S/C19H22N6.HI/c1-14(2)16-4-3-5-17(11-16)24-19(20)23-12-15-6-7-22-18(10-15)25-9-8-21-13-25;/h3-11,13-14H,12H2,1-2H3,(H3,20,23,24);1H. The Hall–Kier alpha value is -2.42. The number of anilines is 1. The molecule has 3 rings (SSSR count). The highest BCUT2D eigenvalue weighted by molar-refractivity contribution is 14.0. The first kappa shape index (κ1) is 19.9. The van der Waals surface area contributed by atoms with Crippen LogP contribution in [0.3, 0.4) is 0 Å². The van der Waals surface area contributed by atoms with E-state index in [0.717, 1.165) is 17.1 Å². The topological polar surface area (TPSA) is 81.1 Å². The van der Waals surface area contributed by atoms with Crippen LogP contribution >= 0.6 is 24.0 Å². The number of aromatic nitrogens is 3. The molecule has 0 atom stereocenters. The number of nitrogens with one attached hydrogen (secondary N) is 1. The highest BCUT2D eigenvalue weighted by Crippen LogP contribution is 2.18. The smallest absolute Gasteiger partial charge is 0.193 e. The molecule has 2 heterocycles. The first-order valence-electron chi connectivity index (χ1n) is 8.22. The number of rotatable bonds is 5. The molecule has 1 aromatic carbocycles. The zero-order valence-electron chi connectivity index (χ0n) is 14.8. The van der Waals surface area contributed by atoms with Gasteiger partial charge in [0.2, 0.25) is 0 Å². The van der Waals surface area contributed by atoms with Gasteiger partial charge in [0.05, 0.1) is 6.54 Å². The van der Waals surface area contributed by atoms with Crippen molar-refractivity contribution in [1.29, 1.82) is 0 Å². The maximum atomic E-state index is 6.02. The second-order valence-electron chi connectivity index (χ2n) is 6.10. The maximum Gasteiger partial charge on any atom is 0.193 e. The van der Waals surface area contributed by atoms with Crippen molar-refractivity contribution >= 4 is 35.6 Å². The zero-order chi connectivity index (χ0) is 17.6. The summed E-state index contributed by atoms with van der Waals surface area (Å²) < 4.78 is 1.85. The molecule has 136 valence electrons. The van der Waals surface area contributed by atoms with Gasteiger partial charge in [0.1, 0.15) is 12.1 Å². The van der Waals surface area contributed by atoms with E-state index in [-0.39, 0.29) is 24.0 Å². The molecule has 2 aromatic heterocycles. The lowest BCUT2D eigenvalue weighted by atomic mass is 10.0. The Kier molecular flexibility index (Phi) is 7.14. The summed E-state index contributed by atoms with van der Waals surface area (Å²) in [7, 11) is 0. The fourth-order valence-corrected chi connectivity index (χ4v) is 2.43. The maximum absolute atomic E-state index is 6.02. The predicted molar refractivity (Wildman–Crippen MR) is 116 cm³/mol. The van der Waals surface area contributed by atoms with Crippen LogP contribution in [0.15, 0.2) is 66.3 Å². The summed E-state index contributed by atoms with van der Waals surface area (Å²) in [6, 6.07) is 12.1. The number of nitrogens with zero attached hydrogens (tertiary/aromatic N) is 4. The Morgan fingerprint density at radius 1 is 1.23 bits per heavy atom. The number of benzene rings is 1. The molecular weight excluding hydrogens is 439 g/mol. The van der Waals surface area contributed by atoms with E-state index in [1.54, 1.807) is 18.7 Å². The molecule has 3 aromatic rings. The van der Waals surface area contributed by atoms with Gasteiger partial charge < -0.3 is 11.1 Å².